The van der Waals surface area contributed by atoms with E-state index in [9.17, 15) is 9.59 Å². The van der Waals surface area contributed by atoms with Gasteiger partial charge in [-0.25, -0.2) is 0 Å². The number of hydrogen-bond acceptors (Lipinski definition) is 5. The van der Waals surface area contributed by atoms with Gasteiger partial charge in [-0.1, -0.05) is 37.6 Å². The van der Waals surface area contributed by atoms with Gasteiger partial charge in [-0.2, -0.15) is 0 Å². The van der Waals surface area contributed by atoms with Crippen LogP contribution in [-0.4, -0.2) is 31.1 Å². The highest BCUT2D eigenvalue weighted by Crippen LogP contribution is 2.97. The summed E-state index contributed by atoms with van der Waals surface area (Å²) in [5.74, 6) is 1.36. The summed E-state index contributed by atoms with van der Waals surface area (Å²) >= 11 is 0. The van der Waals surface area contributed by atoms with E-state index in [0.29, 0.717) is 18.6 Å². The SMILES string of the molecule is C=CCOC(=O)C1C2C13CCCC[C@H]1C(c4ccc(OCC)cc4)Nc4ccc(C(=O)NC5CC5)cc4[C@@]213. The minimum atomic E-state index is -0.110. The van der Waals surface area contributed by atoms with Gasteiger partial charge in [0, 0.05) is 22.7 Å². The zero-order valence-corrected chi connectivity index (χ0v) is 22.0. The van der Waals surface area contributed by atoms with Crippen LogP contribution in [-0.2, 0) is 14.9 Å². The highest BCUT2D eigenvalue weighted by atomic mass is 16.5. The van der Waals surface area contributed by atoms with Crippen molar-refractivity contribution in [2.24, 2.45) is 23.2 Å². The van der Waals surface area contributed by atoms with Gasteiger partial charge in [0.15, 0.2) is 0 Å². The van der Waals surface area contributed by atoms with Gasteiger partial charge in [-0.05, 0) is 91.3 Å². The number of nitrogens with one attached hydrogen (secondary N) is 2. The predicted molar refractivity (Wildman–Crippen MR) is 145 cm³/mol. The Bertz CT molecular complexity index is 1300. The number of fused-ring (bicyclic) bond motifs is 1. The third-order valence-electron chi connectivity index (χ3n) is 9.95. The quantitative estimate of drug-likeness (QED) is 0.358. The molecular formula is C32H36N2O4. The molecular weight excluding hydrogens is 476 g/mol. The van der Waals surface area contributed by atoms with E-state index in [0.717, 1.165) is 55.5 Å². The fraction of sp³-hybridized carbons (Fsp3) is 0.500. The van der Waals surface area contributed by atoms with Gasteiger partial charge >= 0.3 is 5.97 Å². The van der Waals surface area contributed by atoms with Crippen LogP contribution >= 0.6 is 0 Å². The van der Waals surface area contributed by atoms with E-state index in [1.54, 1.807) is 6.08 Å². The molecule has 6 heteroatoms. The summed E-state index contributed by atoms with van der Waals surface area (Å²) in [6.07, 6.45) is 8.16. The molecule has 6 atom stereocenters. The highest BCUT2D eigenvalue weighted by Gasteiger charge is 2.99. The van der Waals surface area contributed by atoms with Crippen LogP contribution in [0.3, 0.4) is 0 Å². The summed E-state index contributed by atoms with van der Waals surface area (Å²) in [4.78, 5) is 26.2. The van der Waals surface area contributed by atoms with Crippen molar-refractivity contribution in [3.05, 3.63) is 71.8 Å². The molecule has 2 aromatic rings. The van der Waals surface area contributed by atoms with Crippen LogP contribution in [0.15, 0.2) is 55.1 Å². The summed E-state index contributed by atoms with van der Waals surface area (Å²) in [6, 6.07) is 15.1. The number of carbonyl (C=O) groups is 2. The maximum atomic E-state index is 13.1. The lowest BCUT2D eigenvalue weighted by molar-refractivity contribution is -0.147. The van der Waals surface area contributed by atoms with Crippen LogP contribution in [0, 0.1) is 23.2 Å². The van der Waals surface area contributed by atoms with Crippen LogP contribution in [0.1, 0.15) is 73.0 Å². The van der Waals surface area contributed by atoms with E-state index in [2.05, 4.69) is 53.6 Å². The first kappa shape index (κ1) is 23.8. The van der Waals surface area contributed by atoms with Crippen LogP contribution in [0.4, 0.5) is 5.69 Å². The average molecular weight is 513 g/mol. The largest absolute Gasteiger partial charge is 0.494 e. The molecule has 4 aliphatic carbocycles. The first-order chi connectivity index (χ1) is 18.6. The highest BCUT2D eigenvalue weighted by molar-refractivity contribution is 5.96. The molecule has 0 radical (unpaired) electrons. The zero-order valence-electron chi connectivity index (χ0n) is 22.0. The second kappa shape index (κ2) is 8.62. The molecule has 1 heterocycles. The number of ether oxygens (including phenoxy) is 2. The summed E-state index contributed by atoms with van der Waals surface area (Å²) in [5, 5.41) is 7.03. The zero-order chi connectivity index (χ0) is 26.1. The van der Waals surface area contributed by atoms with Gasteiger partial charge < -0.3 is 20.1 Å². The van der Waals surface area contributed by atoms with Crippen LogP contribution in [0.25, 0.3) is 0 Å². The Morgan fingerprint density at radius 1 is 1.13 bits per heavy atom. The molecule has 6 nitrogen and oxygen atoms in total. The van der Waals surface area contributed by atoms with Crippen molar-refractivity contribution < 1.29 is 19.1 Å². The minimum absolute atomic E-state index is 0.0100. The first-order valence-electron chi connectivity index (χ1n) is 14.3. The van der Waals surface area contributed by atoms with E-state index in [-0.39, 0.29) is 47.2 Å². The third-order valence-corrected chi connectivity index (χ3v) is 9.95. The maximum Gasteiger partial charge on any atom is 0.310 e. The van der Waals surface area contributed by atoms with Crippen LogP contribution in [0.5, 0.6) is 5.75 Å². The summed E-state index contributed by atoms with van der Waals surface area (Å²) in [5.41, 5.74) is 4.11. The lowest BCUT2D eigenvalue weighted by atomic mass is 9.61. The molecule has 2 aromatic carbocycles. The number of benzene rings is 2. The lowest BCUT2D eigenvalue weighted by Gasteiger charge is -2.47. The van der Waals surface area contributed by atoms with Crippen molar-refractivity contribution >= 4 is 17.6 Å². The molecule has 2 N–H and O–H groups in total. The van der Waals surface area contributed by atoms with Crippen molar-refractivity contribution in [3.8, 4) is 5.75 Å². The van der Waals surface area contributed by atoms with Crippen LogP contribution < -0.4 is 15.4 Å². The van der Waals surface area contributed by atoms with Crippen molar-refractivity contribution in [1.29, 1.82) is 0 Å². The molecule has 0 aromatic heterocycles. The molecule has 5 aliphatic rings. The number of rotatable bonds is 8. The van der Waals surface area contributed by atoms with Crippen LogP contribution in [0.2, 0.25) is 0 Å². The Balaban J connectivity index is 1.30. The summed E-state index contributed by atoms with van der Waals surface area (Å²) in [6.45, 7) is 6.61. The van der Waals surface area contributed by atoms with Gasteiger partial charge in [0.25, 0.3) is 5.91 Å². The lowest BCUT2D eigenvalue weighted by Crippen LogP contribution is -2.46. The topological polar surface area (TPSA) is 76.7 Å². The maximum absolute atomic E-state index is 13.1. The molecule has 7 rings (SSSR count). The van der Waals surface area contributed by atoms with Gasteiger partial charge in [-0.15, -0.1) is 0 Å². The standard InChI is InChI=1S/C32H36N2O4/c1-3-17-38-30(36)26-28-31(26)16-6-5-7-23-27(19-8-13-22(14-9-19)37-4-2)34-25-15-10-20(18-24(25)32(23,28)31)29(35)33-21-11-12-21/h3,8-10,13-15,18,21,23,26-28,34H,1,4-7,11-12,16-17H2,2H3,(H,33,35)/t23-,26?,27?,28?,31?,32+/m0/s1. The number of amides is 1. The van der Waals surface area contributed by atoms with Gasteiger partial charge in [-0.3, -0.25) is 9.59 Å². The molecule has 4 saturated carbocycles. The smallest absolute Gasteiger partial charge is 0.310 e. The van der Waals surface area contributed by atoms with Crippen molar-refractivity contribution in [1.82, 2.24) is 5.32 Å². The average Bonchev–Trinajstić information content (AvgIpc) is 3.85. The molecule has 0 bridgehead atoms. The predicted octanol–water partition coefficient (Wildman–Crippen LogP) is 5.55. The molecule has 198 valence electrons. The van der Waals surface area contributed by atoms with Crippen molar-refractivity contribution in [2.75, 3.05) is 18.5 Å². The first-order valence-corrected chi connectivity index (χ1v) is 14.3. The molecule has 38 heavy (non-hydrogen) atoms. The molecule has 4 fully saturated rings. The Labute approximate surface area is 224 Å². The molecule has 2 spiro atoms. The van der Waals surface area contributed by atoms with Gasteiger partial charge in [0.2, 0.25) is 0 Å². The Hall–Kier alpha value is -3.28. The van der Waals surface area contributed by atoms with E-state index >= 15 is 0 Å². The van der Waals surface area contributed by atoms with E-state index < -0.39 is 0 Å². The Kier molecular flexibility index (Phi) is 5.40. The molecule has 4 unspecified atom stereocenters. The molecule has 1 aliphatic heterocycles. The molecule has 1 amide bonds. The third kappa shape index (κ3) is 3.25. The second-order valence-corrected chi connectivity index (χ2v) is 11.8. The van der Waals surface area contributed by atoms with Crippen molar-refractivity contribution in [2.45, 2.75) is 62.9 Å². The molecule has 0 saturated heterocycles. The monoisotopic (exact) mass is 512 g/mol. The summed E-state index contributed by atoms with van der Waals surface area (Å²) < 4.78 is 11.3. The summed E-state index contributed by atoms with van der Waals surface area (Å²) in [7, 11) is 0. The van der Waals surface area contributed by atoms with E-state index in [1.807, 2.05) is 13.0 Å². The Morgan fingerprint density at radius 3 is 2.68 bits per heavy atom. The number of carbonyl (C=O) groups excluding carboxylic acids is 2. The fourth-order valence-electron chi connectivity index (χ4n) is 8.38. The van der Waals surface area contributed by atoms with Gasteiger partial charge in [0.1, 0.15) is 12.4 Å². The normalized spacial score (nSPS) is 33.6. The Morgan fingerprint density at radius 2 is 1.95 bits per heavy atom. The number of anilines is 1. The van der Waals surface area contributed by atoms with E-state index in [1.165, 1.54) is 11.1 Å². The number of hydrogen-bond donors (Lipinski definition) is 2. The second-order valence-electron chi connectivity index (χ2n) is 11.8. The number of esters is 1. The van der Waals surface area contributed by atoms with Gasteiger partial charge in [0.05, 0.1) is 18.6 Å². The van der Waals surface area contributed by atoms with Crippen molar-refractivity contribution in [3.63, 3.8) is 0 Å². The van der Waals surface area contributed by atoms with E-state index in [4.69, 9.17) is 9.47 Å². The fourth-order valence-corrected chi connectivity index (χ4v) is 8.38. The minimum Gasteiger partial charge on any atom is -0.494 e.